The van der Waals surface area contributed by atoms with Gasteiger partial charge in [0.25, 0.3) is 5.91 Å². The van der Waals surface area contributed by atoms with E-state index in [-0.39, 0.29) is 26.3 Å². The predicted molar refractivity (Wildman–Crippen MR) is 80.5 cm³/mol. The Hall–Kier alpha value is -1.92. The molecular formula is C14H8BrClFNO3. The van der Waals surface area contributed by atoms with Crippen molar-refractivity contribution in [3.05, 3.63) is 62.8 Å². The summed E-state index contributed by atoms with van der Waals surface area (Å²) in [4.78, 5) is 23.2. The van der Waals surface area contributed by atoms with Crippen LogP contribution in [0.15, 0.2) is 40.9 Å². The summed E-state index contributed by atoms with van der Waals surface area (Å²) in [6, 6.07) is 7.96. The Labute approximate surface area is 132 Å². The van der Waals surface area contributed by atoms with Crippen LogP contribution in [0.5, 0.6) is 0 Å². The van der Waals surface area contributed by atoms with Crippen LogP contribution in [-0.2, 0) is 0 Å². The second-order valence-corrected chi connectivity index (χ2v) is 5.31. The highest BCUT2D eigenvalue weighted by molar-refractivity contribution is 9.10. The third kappa shape index (κ3) is 3.40. The summed E-state index contributed by atoms with van der Waals surface area (Å²) < 4.78 is 13.3. The molecule has 0 atom stereocenters. The second-order valence-electron chi connectivity index (χ2n) is 4.05. The first-order valence-corrected chi connectivity index (χ1v) is 6.85. The van der Waals surface area contributed by atoms with E-state index in [2.05, 4.69) is 21.2 Å². The van der Waals surface area contributed by atoms with Crippen LogP contribution < -0.4 is 5.32 Å². The van der Waals surface area contributed by atoms with Crippen molar-refractivity contribution in [2.24, 2.45) is 0 Å². The molecule has 2 rings (SSSR count). The normalized spacial score (nSPS) is 10.2. The molecule has 7 heteroatoms. The minimum absolute atomic E-state index is 0.00267. The molecule has 0 aliphatic rings. The van der Waals surface area contributed by atoms with Gasteiger partial charge in [-0.05, 0) is 46.3 Å². The van der Waals surface area contributed by atoms with Gasteiger partial charge in [0.15, 0.2) is 0 Å². The molecule has 0 saturated heterocycles. The fourth-order valence-corrected chi connectivity index (χ4v) is 2.25. The maximum atomic E-state index is 13.1. The van der Waals surface area contributed by atoms with Gasteiger partial charge < -0.3 is 10.4 Å². The molecule has 2 aromatic rings. The van der Waals surface area contributed by atoms with Crippen molar-refractivity contribution in [3.63, 3.8) is 0 Å². The Morgan fingerprint density at radius 1 is 1.24 bits per heavy atom. The second kappa shape index (κ2) is 6.24. The molecule has 0 saturated carbocycles. The van der Waals surface area contributed by atoms with Crippen LogP contribution in [0.2, 0.25) is 5.02 Å². The molecule has 0 fully saturated rings. The zero-order chi connectivity index (χ0) is 15.6. The fourth-order valence-electron chi connectivity index (χ4n) is 1.65. The number of nitrogens with one attached hydrogen (secondary N) is 1. The molecule has 0 bridgehead atoms. The van der Waals surface area contributed by atoms with E-state index in [1.54, 1.807) is 0 Å². The van der Waals surface area contributed by atoms with Gasteiger partial charge in [0, 0.05) is 5.56 Å². The summed E-state index contributed by atoms with van der Waals surface area (Å²) in [7, 11) is 0. The molecule has 0 aliphatic carbocycles. The average molecular weight is 373 g/mol. The number of carboxylic acid groups (broad SMARTS) is 1. The van der Waals surface area contributed by atoms with Gasteiger partial charge in [0.2, 0.25) is 0 Å². The van der Waals surface area contributed by atoms with Gasteiger partial charge in [-0.2, -0.15) is 0 Å². The summed E-state index contributed by atoms with van der Waals surface area (Å²) in [5.74, 6) is -2.31. The van der Waals surface area contributed by atoms with Gasteiger partial charge in [-0.25, -0.2) is 9.18 Å². The van der Waals surface area contributed by atoms with Crippen molar-refractivity contribution >= 4 is 45.1 Å². The van der Waals surface area contributed by atoms with Crippen molar-refractivity contribution in [1.29, 1.82) is 0 Å². The van der Waals surface area contributed by atoms with Crippen LogP contribution in [0.25, 0.3) is 0 Å². The number of carbonyl (C=O) groups is 2. The van der Waals surface area contributed by atoms with Crippen LogP contribution in [0, 0.1) is 5.82 Å². The number of para-hydroxylation sites is 1. The first kappa shape index (κ1) is 15.5. The third-order valence-electron chi connectivity index (χ3n) is 2.66. The number of benzene rings is 2. The molecule has 0 radical (unpaired) electrons. The maximum Gasteiger partial charge on any atom is 0.337 e. The van der Waals surface area contributed by atoms with Crippen molar-refractivity contribution in [2.75, 3.05) is 5.32 Å². The van der Waals surface area contributed by atoms with E-state index < -0.39 is 17.7 Å². The fraction of sp³-hybridized carbons (Fsp3) is 0. The lowest BCUT2D eigenvalue weighted by molar-refractivity contribution is 0.0698. The molecule has 21 heavy (non-hydrogen) atoms. The molecule has 4 nitrogen and oxygen atoms in total. The summed E-state index contributed by atoms with van der Waals surface area (Å²) in [5.41, 5.74) is 0.0358. The van der Waals surface area contributed by atoms with Gasteiger partial charge >= 0.3 is 5.97 Å². The number of rotatable bonds is 3. The van der Waals surface area contributed by atoms with E-state index >= 15 is 0 Å². The minimum Gasteiger partial charge on any atom is -0.478 e. The Morgan fingerprint density at radius 3 is 2.57 bits per heavy atom. The topological polar surface area (TPSA) is 66.4 Å². The largest absolute Gasteiger partial charge is 0.478 e. The Balaban J connectivity index is 2.36. The van der Waals surface area contributed by atoms with Gasteiger partial charge in [-0.15, -0.1) is 0 Å². The zero-order valence-electron chi connectivity index (χ0n) is 10.4. The quantitative estimate of drug-likeness (QED) is 0.849. The molecule has 0 unspecified atom stereocenters. The van der Waals surface area contributed by atoms with Crippen LogP contribution in [0.3, 0.4) is 0 Å². The number of amides is 1. The minimum atomic E-state index is -1.21. The molecule has 2 aromatic carbocycles. The maximum absolute atomic E-state index is 13.1. The Morgan fingerprint density at radius 2 is 1.95 bits per heavy atom. The van der Waals surface area contributed by atoms with E-state index in [1.165, 1.54) is 30.3 Å². The smallest absolute Gasteiger partial charge is 0.337 e. The molecule has 1 amide bonds. The van der Waals surface area contributed by atoms with Crippen LogP contribution in [0.1, 0.15) is 20.7 Å². The van der Waals surface area contributed by atoms with Crippen LogP contribution in [-0.4, -0.2) is 17.0 Å². The number of carbonyl (C=O) groups excluding carboxylic acids is 1. The van der Waals surface area contributed by atoms with Gasteiger partial charge in [-0.3, -0.25) is 4.79 Å². The predicted octanol–water partition coefficient (Wildman–Crippen LogP) is 4.19. The van der Waals surface area contributed by atoms with Crippen molar-refractivity contribution in [1.82, 2.24) is 0 Å². The molecule has 0 spiro atoms. The molecule has 0 heterocycles. The number of hydrogen-bond acceptors (Lipinski definition) is 2. The lowest BCUT2D eigenvalue weighted by Gasteiger charge is -2.10. The first-order chi connectivity index (χ1) is 9.90. The van der Waals surface area contributed by atoms with Crippen LogP contribution >= 0.6 is 27.5 Å². The van der Waals surface area contributed by atoms with Gasteiger partial charge in [0.05, 0.1) is 20.7 Å². The number of hydrogen-bond donors (Lipinski definition) is 2. The zero-order valence-corrected chi connectivity index (χ0v) is 12.7. The Bertz CT molecular complexity index is 736. The first-order valence-electron chi connectivity index (χ1n) is 5.68. The van der Waals surface area contributed by atoms with Gasteiger partial charge in [-0.1, -0.05) is 17.7 Å². The molecule has 2 N–H and O–H groups in total. The van der Waals surface area contributed by atoms with E-state index in [0.29, 0.717) is 0 Å². The molecular weight excluding hydrogens is 365 g/mol. The van der Waals surface area contributed by atoms with E-state index in [0.717, 1.165) is 6.07 Å². The van der Waals surface area contributed by atoms with E-state index in [9.17, 15) is 14.0 Å². The molecule has 0 aliphatic heterocycles. The van der Waals surface area contributed by atoms with Crippen LogP contribution in [0.4, 0.5) is 10.1 Å². The standard InChI is InChI=1S/C14H8BrClFNO3/c15-9-6-7(4-5-11(9)17)13(19)18-12-8(14(20)21)2-1-3-10(12)16/h1-6H,(H,18,19)(H,20,21). The summed E-state index contributed by atoms with van der Waals surface area (Å²) >= 11 is 8.89. The van der Waals surface area contributed by atoms with Crippen molar-refractivity contribution in [3.8, 4) is 0 Å². The van der Waals surface area contributed by atoms with Gasteiger partial charge in [0.1, 0.15) is 5.82 Å². The lowest BCUT2D eigenvalue weighted by atomic mass is 10.1. The van der Waals surface area contributed by atoms with Crippen molar-refractivity contribution in [2.45, 2.75) is 0 Å². The number of anilines is 1. The summed E-state index contributed by atoms with van der Waals surface area (Å²) in [5, 5.41) is 11.6. The lowest BCUT2D eigenvalue weighted by Crippen LogP contribution is -2.15. The number of halogens is 3. The number of aromatic carboxylic acids is 1. The average Bonchev–Trinajstić information content (AvgIpc) is 2.43. The summed E-state index contributed by atoms with van der Waals surface area (Å²) in [6.45, 7) is 0. The summed E-state index contributed by atoms with van der Waals surface area (Å²) in [6.07, 6.45) is 0. The highest BCUT2D eigenvalue weighted by atomic mass is 79.9. The SMILES string of the molecule is O=C(Nc1c(Cl)cccc1C(=O)O)c1ccc(F)c(Br)c1. The highest BCUT2D eigenvalue weighted by Gasteiger charge is 2.17. The highest BCUT2D eigenvalue weighted by Crippen LogP contribution is 2.27. The molecule has 0 aromatic heterocycles. The van der Waals surface area contributed by atoms with E-state index in [1.807, 2.05) is 0 Å². The molecule has 108 valence electrons. The third-order valence-corrected chi connectivity index (χ3v) is 3.59. The Kier molecular flexibility index (Phi) is 4.59. The number of carboxylic acids is 1. The van der Waals surface area contributed by atoms with Crippen molar-refractivity contribution < 1.29 is 19.1 Å². The van der Waals surface area contributed by atoms with E-state index in [4.69, 9.17) is 16.7 Å². The monoisotopic (exact) mass is 371 g/mol.